The molecule has 128 valence electrons. The Bertz CT molecular complexity index is 791. The minimum atomic E-state index is -0.218. The van der Waals surface area contributed by atoms with E-state index in [1.807, 2.05) is 12.1 Å². The average molecular weight is 336 g/mol. The highest BCUT2D eigenvalue weighted by Crippen LogP contribution is 2.28. The van der Waals surface area contributed by atoms with Gasteiger partial charge in [-0.15, -0.1) is 0 Å². The number of ketones is 1. The fourth-order valence-electron chi connectivity index (χ4n) is 2.44. The molecule has 2 aromatic carbocycles. The summed E-state index contributed by atoms with van der Waals surface area (Å²) in [4.78, 5) is 35.1. The van der Waals surface area contributed by atoms with Crippen molar-refractivity contribution in [2.24, 2.45) is 5.92 Å². The first-order valence-electron chi connectivity index (χ1n) is 8.32. The van der Waals surface area contributed by atoms with E-state index in [4.69, 9.17) is 0 Å². The van der Waals surface area contributed by atoms with Gasteiger partial charge in [0.1, 0.15) is 0 Å². The third-order valence-electron chi connectivity index (χ3n) is 4.18. The predicted molar refractivity (Wildman–Crippen MR) is 95.4 cm³/mol. The molecule has 0 unspecified atom stereocenters. The van der Waals surface area contributed by atoms with Gasteiger partial charge in [0.15, 0.2) is 5.78 Å². The highest BCUT2D eigenvalue weighted by atomic mass is 16.2. The summed E-state index contributed by atoms with van der Waals surface area (Å²) >= 11 is 0. The Labute approximate surface area is 146 Å². The van der Waals surface area contributed by atoms with Crippen LogP contribution >= 0.6 is 0 Å². The molecule has 5 heteroatoms. The maximum atomic E-state index is 12.3. The summed E-state index contributed by atoms with van der Waals surface area (Å²) < 4.78 is 0. The Kier molecular flexibility index (Phi) is 4.93. The van der Waals surface area contributed by atoms with Gasteiger partial charge in [0.2, 0.25) is 5.91 Å². The maximum Gasteiger partial charge on any atom is 0.255 e. The van der Waals surface area contributed by atoms with E-state index in [0.717, 1.165) is 18.4 Å². The van der Waals surface area contributed by atoms with Gasteiger partial charge >= 0.3 is 0 Å². The molecule has 2 aromatic rings. The zero-order valence-electron chi connectivity index (χ0n) is 14.0. The molecule has 0 atom stereocenters. The minimum Gasteiger partial charge on any atom is -0.352 e. The lowest BCUT2D eigenvalue weighted by Gasteiger charge is -2.08. The van der Waals surface area contributed by atoms with Crippen LogP contribution in [0.25, 0.3) is 0 Å². The summed E-state index contributed by atoms with van der Waals surface area (Å²) in [6.07, 6.45) is 1.97. The van der Waals surface area contributed by atoms with E-state index in [9.17, 15) is 14.4 Å². The molecule has 2 amide bonds. The van der Waals surface area contributed by atoms with Crippen LogP contribution in [0.3, 0.4) is 0 Å². The van der Waals surface area contributed by atoms with Crippen LogP contribution in [0.15, 0.2) is 48.5 Å². The molecule has 5 nitrogen and oxygen atoms in total. The molecule has 0 aliphatic heterocycles. The van der Waals surface area contributed by atoms with Crippen LogP contribution in [-0.2, 0) is 11.3 Å². The Hall–Kier alpha value is -2.95. The fraction of sp³-hybridized carbons (Fsp3) is 0.250. The summed E-state index contributed by atoms with van der Waals surface area (Å²) in [6.45, 7) is 1.98. The van der Waals surface area contributed by atoms with Gasteiger partial charge in [0.25, 0.3) is 5.91 Å². The van der Waals surface area contributed by atoms with Gasteiger partial charge in [-0.1, -0.05) is 12.1 Å². The summed E-state index contributed by atoms with van der Waals surface area (Å²) in [5, 5.41) is 5.69. The first-order chi connectivity index (χ1) is 12.0. The second kappa shape index (κ2) is 7.30. The number of amides is 2. The van der Waals surface area contributed by atoms with Crippen molar-refractivity contribution in [1.82, 2.24) is 5.32 Å². The summed E-state index contributed by atoms with van der Waals surface area (Å²) in [6, 6.07) is 13.9. The van der Waals surface area contributed by atoms with Gasteiger partial charge in [-0.3, -0.25) is 14.4 Å². The molecule has 2 N–H and O–H groups in total. The van der Waals surface area contributed by atoms with Crippen LogP contribution in [-0.4, -0.2) is 17.6 Å². The standard InChI is InChI=1S/C20H20N2O3/c1-13(23)15-8-10-18(11-9-15)22-20(25)17-4-2-14(3-5-17)12-21-19(24)16-6-7-16/h2-5,8-11,16H,6-7,12H2,1H3,(H,21,24)(H,22,25). The van der Waals surface area contributed by atoms with Crippen molar-refractivity contribution in [3.05, 3.63) is 65.2 Å². The molecule has 1 saturated carbocycles. The highest BCUT2D eigenvalue weighted by molar-refractivity contribution is 6.04. The van der Waals surface area contributed by atoms with Crippen LogP contribution in [0.2, 0.25) is 0 Å². The summed E-state index contributed by atoms with van der Waals surface area (Å²) in [5.41, 5.74) is 2.73. The van der Waals surface area contributed by atoms with Crippen molar-refractivity contribution in [1.29, 1.82) is 0 Å². The van der Waals surface area contributed by atoms with E-state index in [0.29, 0.717) is 23.4 Å². The average Bonchev–Trinajstić information content (AvgIpc) is 3.45. The van der Waals surface area contributed by atoms with E-state index in [1.165, 1.54) is 6.92 Å². The Morgan fingerprint density at radius 2 is 1.52 bits per heavy atom. The second-order valence-electron chi connectivity index (χ2n) is 6.28. The van der Waals surface area contributed by atoms with Crippen LogP contribution in [0.4, 0.5) is 5.69 Å². The molecule has 0 bridgehead atoms. The number of carbonyl (C=O) groups excluding carboxylic acids is 3. The molecule has 0 saturated heterocycles. The SMILES string of the molecule is CC(=O)c1ccc(NC(=O)c2ccc(CNC(=O)C3CC3)cc2)cc1. The molecule has 0 radical (unpaired) electrons. The number of Topliss-reactive ketones (excluding diaryl/α,β-unsaturated/α-hetero) is 1. The fourth-order valence-corrected chi connectivity index (χ4v) is 2.44. The van der Waals surface area contributed by atoms with E-state index >= 15 is 0 Å². The normalized spacial score (nSPS) is 13.2. The number of benzene rings is 2. The van der Waals surface area contributed by atoms with Gasteiger partial charge < -0.3 is 10.6 Å². The Morgan fingerprint density at radius 1 is 0.920 bits per heavy atom. The molecule has 0 aromatic heterocycles. The number of hydrogen-bond acceptors (Lipinski definition) is 3. The van der Waals surface area contributed by atoms with Crippen molar-refractivity contribution >= 4 is 23.3 Å². The molecule has 1 fully saturated rings. The smallest absolute Gasteiger partial charge is 0.255 e. The molecule has 1 aliphatic rings. The third-order valence-corrected chi connectivity index (χ3v) is 4.18. The molecular weight excluding hydrogens is 316 g/mol. The monoisotopic (exact) mass is 336 g/mol. The summed E-state index contributed by atoms with van der Waals surface area (Å²) in [7, 11) is 0. The molecule has 3 rings (SSSR count). The first kappa shape index (κ1) is 16.9. The first-order valence-corrected chi connectivity index (χ1v) is 8.32. The van der Waals surface area contributed by atoms with E-state index in [1.54, 1.807) is 36.4 Å². The van der Waals surface area contributed by atoms with Crippen LogP contribution in [0.5, 0.6) is 0 Å². The van der Waals surface area contributed by atoms with E-state index < -0.39 is 0 Å². The van der Waals surface area contributed by atoms with Crippen LogP contribution in [0, 0.1) is 5.92 Å². The third kappa shape index (κ3) is 4.53. The van der Waals surface area contributed by atoms with Gasteiger partial charge in [-0.05, 0) is 61.7 Å². The molecule has 1 aliphatic carbocycles. The highest BCUT2D eigenvalue weighted by Gasteiger charge is 2.29. The van der Waals surface area contributed by atoms with Crippen molar-refractivity contribution in [3.8, 4) is 0 Å². The van der Waals surface area contributed by atoms with Crippen molar-refractivity contribution < 1.29 is 14.4 Å². The van der Waals surface area contributed by atoms with Gasteiger partial charge in [0.05, 0.1) is 0 Å². The van der Waals surface area contributed by atoms with Gasteiger partial charge in [-0.2, -0.15) is 0 Å². The van der Waals surface area contributed by atoms with Gasteiger partial charge in [-0.25, -0.2) is 0 Å². The molecule has 25 heavy (non-hydrogen) atoms. The molecule has 0 heterocycles. The van der Waals surface area contributed by atoms with E-state index in [2.05, 4.69) is 10.6 Å². The number of nitrogens with one attached hydrogen (secondary N) is 2. The predicted octanol–water partition coefficient (Wildman–Crippen LogP) is 3.17. The Balaban J connectivity index is 1.56. The number of rotatable bonds is 6. The maximum absolute atomic E-state index is 12.3. The topological polar surface area (TPSA) is 75.3 Å². The second-order valence-corrected chi connectivity index (χ2v) is 6.28. The number of hydrogen-bond donors (Lipinski definition) is 2. The zero-order valence-corrected chi connectivity index (χ0v) is 14.0. The summed E-state index contributed by atoms with van der Waals surface area (Å²) in [5.74, 6) is 0.0710. The molecular formula is C20H20N2O3. The minimum absolute atomic E-state index is 0.0118. The number of anilines is 1. The lowest BCUT2D eigenvalue weighted by Crippen LogP contribution is -2.24. The van der Waals surface area contributed by atoms with Crippen molar-refractivity contribution in [3.63, 3.8) is 0 Å². The largest absolute Gasteiger partial charge is 0.352 e. The van der Waals surface area contributed by atoms with Crippen LogP contribution in [0.1, 0.15) is 46.0 Å². The lowest BCUT2D eigenvalue weighted by atomic mass is 10.1. The zero-order chi connectivity index (χ0) is 17.8. The van der Waals surface area contributed by atoms with Crippen molar-refractivity contribution in [2.45, 2.75) is 26.3 Å². The number of carbonyl (C=O) groups is 3. The molecule has 0 spiro atoms. The van der Waals surface area contributed by atoms with Gasteiger partial charge in [0, 0.05) is 29.3 Å². The Morgan fingerprint density at radius 3 is 2.08 bits per heavy atom. The quantitative estimate of drug-likeness (QED) is 0.796. The lowest BCUT2D eigenvalue weighted by molar-refractivity contribution is -0.122. The van der Waals surface area contributed by atoms with E-state index in [-0.39, 0.29) is 23.5 Å². The van der Waals surface area contributed by atoms with Crippen molar-refractivity contribution in [2.75, 3.05) is 5.32 Å². The van der Waals surface area contributed by atoms with Crippen LogP contribution < -0.4 is 10.6 Å².